The number of thiazole rings is 1. The first-order chi connectivity index (χ1) is 13.1. The Morgan fingerprint density at radius 1 is 1.15 bits per heavy atom. The summed E-state index contributed by atoms with van der Waals surface area (Å²) in [4.78, 5) is 17.4. The van der Waals surface area contributed by atoms with E-state index in [9.17, 15) is 4.79 Å². The third-order valence-corrected chi connectivity index (χ3v) is 5.23. The van der Waals surface area contributed by atoms with E-state index >= 15 is 0 Å². The number of amides is 1. The first-order valence-corrected chi connectivity index (χ1v) is 9.20. The molecular weight excluding hydrogens is 360 g/mol. The molecule has 0 saturated carbocycles. The molecule has 5 nitrogen and oxygen atoms in total. The van der Waals surface area contributed by atoms with Gasteiger partial charge >= 0.3 is 0 Å². The van der Waals surface area contributed by atoms with Crippen LogP contribution in [0.4, 0.5) is 0 Å². The molecule has 0 spiro atoms. The highest BCUT2D eigenvalue weighted by Gasteiger charge is 2.16. The molecule has 138 valence electrons. The minimum Gasteiger partial charge on any atom is -0.495 e. The van der Waals surface area contributed by atoms with E-state index < -0.39 is 0 Å². The molecule has 0 saturated heterocycles. The maximum Gasteiger partial charge on any atom is 0.252 e. The van der Waals surface area contributed by atoms with Crippen molar-refractivity contribution < 1.29 is 14.3 Å². The van der Waals surface area contributed by atoms with Gasteiger partial charge in [0.2, 0.25) is 0 Å². The van der Waals surface area contributed by atoms with Gasteiger partial charge < -0.3 is 14.0 Å². The average Bonchev–Trinajstić information content (AvgIpc) is 3.01. The topological polar surface area (TPSA) is 52.8 Å². The number of carbonyl (C=O) groups excluding carboxylic acids is 1. The van der Waals surface area contributed by atoms with Crippen molar-refractivity contribution in [1.82, 2.24) is 4.57 Å². The minimum absolute atomic E-state index is 0.228. The monoisotopic (exact) mass is 380 g/mol. The van der Waals surface area contributed by atoms with E-state index in [1.54, 1.807) is 14.2 Å². The van der Waals surface area contributed by atoms with Crippen LogP contribution in [0.25, 0.3) is 10.2 Å². The van der Waals surface area contributed by atoms with Crippen LogP contribution >= 0.6 is 11.3 Å². The molecule has 6 heteroatoms. The van der Waals surface area contributed by atoms with Gasteiger partial charge in [-0.2, -0.15) is 4.99 Å². The van der Waals surface area contributed by atoms with Gasteiger partial charge in [0.05, 0.1) is 27.2 Å². The number of ether oxygens (including phenoxy) is 2. The predicted octanol–water partition coefficient (Wildman–Crippen LogP) is 3.33. The zero-order valence-electron chi connectivity index (χ0n) is 15.5. The summed E-state index contributed by atoms with van der Waals surface area (Å²) in [6, 6.07) is 11.5. The fourth-order valence-electron chi connectivity index (χ4n) is 2.80. The third-order valence-electron chi connectivity index (χ3n) is 4.14. The highest BCUT2D eigenvalue weighted by atomic mass is 32.1. The van der Waals surface area contributed by atoms with Gasteiger partial charge in [0, 0.05) is 0 Å². The van der Waals surface area contributed by atoms with Crippen molar-refractivity contribution in [2.24, 2.45) is 4.99 Å². The number of aromatic nitrogens is 1. The minimum atomic E-state index is -0.228. The summed E-state index contributed by atoms with van der Waals surface area (Å²) in [5, 5.41) is 0. The maximum absolute atomic E-state index is 12.5. The summed E-state index contributed by atoms with van der Waals surface area (Å²) < 4.78 is 13.6. The van der Waals surface area contributed by atoms with Crippen molar-refractivity contribution in [3.63, 3.8) is 0 Å². The number of rotatable bonds is 5. The summed E-state index contributed by atoms with van der Waals surface area (Å²) in [6.07, 6.45) is 5.78. The Morgan fingerprint density at radius 2 is 1.81 bits per heavy atom. The Balaban J connectivity index is 2.10. The van der Waals surface area contributed by atoms with E-state index in [2.05, 4.69) is 10.9 Å². The summed E-state index contributed by atoms with van der Waals surface area (Å²) >= 11 is 1.36. The number of carbonyl (C=O) groups is 1. The Bertz CT molecular complexity index is 1090. The van der Waals surface area contributed by atoms with Gasteiger partial charge in [-0.1, -0.05) is 47.1 Å². The van der Waals surface area contributed by atoms with Crippen molar-refractivity contribution in [2.45, 2.75) is 19.9 Å². The van der Waals surface area contributed by atoms with Gasteiger partial charge in [-0.05, 0) is 24.6 Å². The van der Waals surface area contributed by atoms with E-state index in [4.69, 9.17) is 15.9 Å². The maximum atomic E-state index is 12.5. The van der Waals surface area contributed by atoms with E-state index in [1.165, 1.54) is 11.3 Å². The van der Waals surface area contributed by atoms with Crippen LogP contribution in [0.2, 0.25) is 0 Å². The predicted molar refractivity (Wildman–Crippen MR) is 107 cm³/mol. The molecular formula is C21H20N2O3S. The van der Waals surface area contributed by atoms with Crippen LogP contribution in [-0.4, -0.2) is 24.7 Å². The summed E-state index contributed by atoms with van der Waals surface area (Å²) in [6.45, 7) is 2.29. The van der Waals surface area contributed by atoms with Crippen LogP contribution < -0.4 is 14.3 Å². The molecule has 3 aromatic rings. The van der Waals surface area contributed by atoms with Gasteiger partial charge in [-0.15, -0.1) is 6.42 Å². The Kier molecular flexibility index (Phi) is 5.63. The number of hydrogen-bond acceptors (Lipinski definition) is 4. The SMILES string of the molecule is C#CCn1c(=NC(=O)Cc2ccc(C)cc2)sc2c(OC)ccc(OC)c21. The molecule has 0 aliphatic rings. The van der Waals surface area contributed by atoms with Crippen LogP contribution in [0.1, 0.15) is 11.1 Å². The number of nitrogens with zero attached hydrogens (tertiary/aromatic N) is 2. The highest BCUT2D eigenvalue weighted by molar-refractivity contribution is 7.16. The first-order valence-electron chi connectivity index (χ1n) is 8.38. The van der Waals surface area contributed by atoms with Crippen molar-refractivity contribution in [3.8, 4) is 23.8 Å². The Morgan fingerprint density at radius 3 is 2.44 bits per heavy atom. The van der Waals surface area contributed by atoms with Crippen molar-refractivity contribution >= 4 is 27.5 Å². The second kappa shape index (κ2) is 8.11. The molecule has 3 rings (SSSR count). The second-order valence-corrected chi connectivity index (χ2v) is 6.97. The quantitative estimate of drug-likeness (QED) is 0.638. The molecule has 0 bridgehead atoms. The van der Waals surface area contributed by atoms with Crippen LogP contribution in [-0.2, 0) is 17.8 Å². The number of benzene rings is 2. The standard InChI is InChI=1S/C21H20N2O3S/c1-5-12-23-19-16(25-3)10-11-17(26-4)20(19)27-21(23)22-18(24)13-15-8-6-14(2)7-9-15/h1,6-11H,12-13H2,2-4H3. The summed E-state index contributed by atoms with van der Waals surface area (Å²) in [5.74, 6) is 3.74. The molecule has 0 atom stereocenters. The van der Waals surface area contributed by atoms with Gasteiger partial charge in [-0.25, -0.2) is 0 Å². The lowest BCUT2D eigenvalue weighted by atomic mass is 10.1. The molecule has 1 heterocycles. The smallest absolute Gasteiger partial charge is 0.252 e. The molecule has 2 aromatic carbocycles. The van der Waals surface area contributed by atoms with Crippen LogP contribution in [0, 0.1) is 19.3 Å². The van der Waals surface area contributed by atoms with Crippen LogP contribution in [0.5, 0.6) is 11.5 Å². The van der Waals surface area contributed by atoms with Gasteiger partial charge in [0.15, 0.2) is 4.80 Å². The number of hydrogen-bond donors (Lipinski definition) is 0. The molecule has 0 unspecified atom stereocenters. The molecule has 0 radical (unpaired) electrons. The summed E-state index contributed by atoms with van der Waals surface area (Å²) in [5.41, 5.74) is 2.86. The lowest BCUT2D eigenvalue weighted by molar-refractivity contribution is -0.117. The van der Waals surface area contributed by atoms with Crippen molar-refractivity contribution in [3.05, 3.63) is 52.3 Å². The molecule has 1 amide bonds. The number of aryl methyl sites for hydroxylation is 1. The zero-order chi connectivity index (χ0) is 19.4. The van der Waals surface area contributed by atoms with E-state index in [0.29, 0.717) is 16.3 Å². The normalized spacial score (nSPS) is 11.4. The average molecular weight is 380 g/mol. The number of fused-ring (bicyclic) bond motifs is 1. The van der Waals surface area contributed by atoms with E-state index in [0.717, 1.165) is 21.3 Å². The Hall–Kier alpha value is -3.04. The fourth-order valence-corrected chi connectivity index (χ4v) is 3.96. The zero-order valence-corrected chi connectivity index (χ0v) is 16.3. The van der Waals surface area contributed by atoms with Gasteiger partial charge in [0.25, 0.3) is 5.91 Å². The third kappa shape index (κ3) is 3.88. The van der Waals surface area contributed by atoms with Crippen LogP contribution in [0.3, 0.4) is 0 Å². The second-order valence-electron chi connectivity index (χ2n) is 5.99. The largest absolute Gasteiger partial charge is 0.495 e. The van der Waals surface area contributed by atoms with Crippen molar-refractivity contribution in [1.29, 1.82) is 0 Å². The molecule has 1 aromatic heterocycles. The van der Waals surface area contributed by atoms with E-state index in [1.807, 2.05) is 47.9 Å². The molecule has 0 N–H and O–H groups in total. The molecule has 0 aliphatic carbocycles. The molecule has 27 heavy (non-hydrogen) atoms. The lowest BCUT2D eigenvalue weighted by Crippen LogP contribution is -2.17. The van der Waals surface area contributed by atoms with Crippen LogP contribution in [0.15, 0.2) is 41.4 Å². The molecule has 0 aliphatic heterocycles. The van der Waals surface area contributed by atoms with Gasteiger partial charge in [-0.3, -0.25) is 4.79 Å². The Labute approximate surface area is 161 Å². The van der Waals surface area contributed by atoms with Crippen molar-refractivity contribution in [2.75, 3.05) is 14.2 Å². The number of terminal acetylenes is 1. The first kappa shape index (κ1) is 18.7. The van der Waals surface area contributed by atoms with E-state index in [-0.39, 0.29) is 18.9 Å². The lowest BCUT2D eigenvalue weighted by Gasteiger charge is -2.08. The number of methoxy groups -OCH3 is 2. The van der Waals surface area contributed by atoms with Gasteiger partial charge in [0.1, 0.15) is 21.7 Å². The highest BCUT2D eigenvalue weighted by Crippen LogP contribution is 2.35. The fraction of sp³-hybridized carbons (Fsp3) is 0.238. The molecule has 0 fully saturated rings. The summed E-state index contributed by atoms with van der Waals surface area (Å²) in [7, 11) is 3.20.